The SMILES string of the molecule is [CH3][Ge]([CH3])([CH3])[c]1ccc(N(c2ccc(-c3c(O)c(O)c(O)c(O)c3O)cc2)c2ccc3ccc4c(N(c5ccc(-c6c(O)c(O)c(O)c(O)c6O)cc5)c5cc[c]([Ge]([CH3])([CH3])[CH3])cc5)ccc5ccc2c3c54)cc1. The summed E-state index contributed by atoms with van der Waals surface area (Å²) in [6, 6.07) is 48.1. The third-order valence-corrected chi connectivity index (χ3v) is 22.3. The Labute approximate surface area is 420 Å². The van der Waals surface area contributed by atoms with E-state index in [1.807, 2.05) is 24.3 Å². The number of rotatable bonds is 10. The van der Waals surface area contributed by atoms with Crippen molar-refractivity contribution in [3.05, 3.63) is 146 Å². The van der Waals surface area contributed by atoms with Gasteiger partial charge in [-0.25, -0.2) is 0 Å². The van der Waals surface area contributed by atoms with E-state index in [-0.39, 0.29) is 22.3 Å². The molecule has 0 atom stereocenters. The molecule has 0 fully saturated rings. The monoisotopic (exact) mass is 1080 g/mol. The predicted molar refractivity (Wildman–Crippen MR) is 293 cm³/mol. The molecule has 0 spiro atoms. The molecule has 362 valence electrons. The van der Waals surface area contributed by atoms with E-state index in [1.165, 1.54) is 8.79 Å². The molecule has 0 saturated carbocycles. The first kappa shape index (κ1) is 47.6. The van der Waals surface area contributed by atoms with Gasteiger partial charge >= 0.3 is 380 Å². The Morgan fingerprint density at radius 1 is 0.278 bits per heavy atom. The predicted octanol–water partition coefficient (Wildman–Crippen LogP) is 13.0. The molecule has 0 bridgehead atoms. The third-order valence-electron chi connectivity index (χ3n) is 13.7. The topological polar surface area (TPSA) is 209 Å². The zero-order chi connectivity index (χ0) is 51.3. The summed E-state index contributed by atoms with van der Waals surface area (Å²) in [5.74, 6) is 5.08. The molecule has 0 aromatic heterocycles. The summed E-state index contributed by atoms with van der Waals surface area (Å²) in [5.41, 5.74) is 5.08. The van der Waals surface area contributed by atoms with E-state index in [0.29, 0.717) is 0 Å². The molecule has 0 radical (unpaired) electrons. The van der Waals surface area contributed by atoms with Crippen LogP contribution in [0.2, 0.25) is 34.5 Å². The van der Waals surface area contributed by atoms with E-state index in [1.54, 1.807) is 24.3 Å². The van der Waals surface area contributed by atoms with E-state index in [0.717, 1.165) is 66.4 Å². The van der Waals surface area contributed by atoms with Crippen molar-refractivity contribution >= 4 is 102 Å². The summed E-state index contributed by atoms with van der Waals surface area (Å²) in [5, 5.41) is 111. The Morgan fingerprint density at radius 2 is 0.528 bits per heavy atom. The van der Waals surface area contributed by atoms with Crippen molar-refractivity contribution in [1.82, 2.24) is 0 Å². The molecule has 10 rings (SSSR count). The van der Waals surface area contributed by atoms with Crippen LogP contribution in [-0.2, 0) is 0 Å². The molecule has 0 aliphatic rings. The maximum atomic E-state index is 10.8. The molecule has 10 N–H and O–H groups in total. The van der Waals surface area contributed by atoms with Crippen LogP contribution in [0.15, 0.2) is 146 Å². The molecule has 0 aliphatic heterocycles. The number of nitrogens with zero attached hydrogens (tertiary/aromatic N) is 2. The Hall–Kier alpha value is -8.07. The zero-order valence-electron chi connectivity index (χ0n) is 40.2. The van der Waals surface area contributed by atoms with Crippen LogP contribution >= 0.6 is 0 Å². The van der Waals surface area contributed by atoms with E-state index in [2.05, 4.69) is 141 Å². The maximum absolute atomic E-state index is 10.8. The molecule has 0 amide bonds. The number of hydrogen-bond acceptors (Lipinski definition) is 12. The van der Waals surface area contributed by atoms with Gasteiger partial charge in [0.15, 0.2) is 0 Å². The summed E-state index contributed by atoms with van der Waals surface area (Å²) in [7, 11) is 0. The third kappa shape index (κ3) is 7.78. The van der Waals surface area contributed by atoms with Gasteiger partial charge in [-0.1, -0.05) is 0 Å². The van der Waals surface area contributed by atoms with Gasteiger partial charge in [0.2, 0.25) is 11.5 Å². The van der Waals surface area contributed by atoms with Crippen molar-refractivity contribution in [2.75, 3.05) is 9.80 Å². The van der Waals surface area contributed by atoms with Crippen molar-refractivity contribution in [2.24, 2.45) is 0 Å². The molecule has 10 aromatic carbocycles. The van der Waals surface area contributed by atoms with E-state index in [4.69, 9.17) is 0 Å². The fraction of sp³-hybridized carbons (Fsp3) is 0.103. The second kappa shape index (κ2) is 17.4. The molecule has 0 heterocycles. The number of anilines is 6. The van der Waals surface area contributed by atoms with Crippen molar-refractivity contribution in [2.45, 2.75) is 34.5 Å². The average Bonchev–Trinajstić information content (AvgIpc) is 3.37. The van der Waals surface area contributed by atoms with Crippen LogP contribution in [0.1, 0.15) is 0 Å². The van der Waals surface area contributed by atoms with Crippen molar-refractivity contribution in [1.29, 1.82) is 0 Å². The van der Waals surface area contributed by atoms with Crippen LogP contribution in [0.3, 0.4) is 0 Å². The summed E-state index contributed by atoms with van der Waals surface area (Å²) in [6.07, 6.45) is 0. The van der Waals surface area contributed by atoms with Crippen LogP contribution in [-0.4, -0.2) is 77.6 Å². The summed E-state index contributed by atoms with van der Waals surface area (Å²) in [6.45, 7) is 0. The molecule has 0 unspecified atom stereocenters. The fourth-order valence-corrected chi connectivity index (χ4v) is 14.6. The van der Waals surface area contributed by atoms with Crippen molar-refractivity contribution < 1.29 is 51.1 Å². The minimum atomic E-state index is -2.23. The first-order chi connectivity index (χ1) is 34.1. The van der Waals surface area contributed by atoms with Gasteiger partial charge in [-0.2, -0.15) is 0 Å². The standard InChI is InChI=1S/C58H52Ge2N2O10/c1-59(2,3)35-15-23-39(24-16-35)61(37-19-7-33(8-20-37)47-49(63)53(67)57(71)54(68)50(47)64)43-29-13-31-12-28-42-44(30-14-32-11-27-41(43)45(31)46(32)42)62(40-25-17-36(18-26-40)60(4,5)6)38-21-9-34(10-22-38)48-51(65)55(69)58(72)56(70)52(48)66/h7-30,63-72H,1-6H3. The number of phenolic OH excluding ortho intramolecular Hbond substituents is 10. The van der Waals surface area contributed by atoms with Crippen LogP contribution in [0.25, 0.3) is 54.6 Å². The Balaban J connectivity index is 1.16. The van der Waals surface area contributed by atoms with Gasteiger partial charge in [0.25, 0.3) is 0 Å². The molecule has 14 heteroatoms. The van der Waals surface area contributed by atoms with Crippen LogP contribution < -0.4 is 18.6 Å². The van der Waals surface area contributed by atoms with Crippen molar-refractivity contribution in [3.63, 3.8) is 0 Å². The molecule has 0 saturated heterocycles. The van der Waals surface area contributed by atoms with E-state index in [9.17, 15) is 51.1 Å². The number of hydrogen-bond donors (Lipinski definition) is 10. The molecular formula is C58H52Ge2N2O10. The Morgan fingerprint density at radius 3 is 0.806 bits per heavy atom. The van der Waals surface area contributed by atoms with Gasteiger partial charge < -0.3 is 30.6 Å². The van der Waals surface area contributed by atoms with Crippen LogP contribution in [0, 0.1) is 0 Å². The van der Waals surface area contributed by atoms with Crippen LogP contribution in [0.4, 0.5) is 34.1 Å². The number of phenols is 10. The summed E-state index contributed by atoms with van der Waals surface area (Å²) in [4.78, 5) is 4.31. The first-order valence-corrected chi connectivity index (χ1v) is 37.9. The molecule has 0 aliphatic carbocycles. The van der Waals surface area contributed by atoms with E-state index >= 15 is 0 Å². The Kier molecular flexibility index (Phi) is 11.5. The molecule has 12 nitrogen and oxygen atoms in total. The zero-order valence-corrected chi connectivity index (χ0v) is 44.4. The fourth-order valence-electron chi connectivity index (χ4n) is 9.71. The second-order valence-electron chi connectivity index (χ2n) is 20.2. The van der Waals surface area contributed by atoms with Gasteiger partial charge in [-0.15, -0.1) is 0 Å². The minimum absolute atomic E-state index is 0.241. The molecule has 72 heavy (non-hydrogen) atoms. The summed E-state index contributed by atoms with van der Waals surface area (Å²) >= 11 is -4.47. The summed E-state index contributed by atoms with van der Waals surface area (Å²) < 4.78 is 2.67. The van der Waals surface area contributed by atoms with E-state index < -0.39 is 84.0 Å². The molecule has 10 aromatic rings. The molecular weight excluding hydrogens is 1030 g/mol. The van der Waals surface area contributed by atoms with Gasteiger partial charge in [0.1, 0.15) is 0 Å². The van der Waals surface area contributed by atoms with Crippen LogP contribution in [0.5, 0.6) is 57.5 Å². The van der Waals surface area contributed by atoms with Gasteiger partial charge in [0, 0.05) is 0 Å². The van der Waals surface area contributed by atoms with Crippen molar-refractivity contribution in [3.8, 4) is 79.7 Å². The van der Waals surface area contributed by atoms with Gasteiger partial charge in [-0.3, -0.25) is 0 Å². The average molecular weight is 1080 g/mol. The number of aromatic hydroxyl groups is 10. The normalized spacial score (nSPS) is 12.0. The number of benzene rings is 10. The van der Waals surface area contributed by atoms with Gasteiger partial charge in [0.05, 0.1) is 0 Å². The Bertz CT molecular complexity index is 3450. The second-order valence-corrected chi connectivity index (χ2v) is 41.5. The van der Waals surface area contributed by atoms with Gasteiger partial charge in [-0.05, 0) is 0 Å². The first-order valence-electron chi connectivity index (χ1n) is 23.3. The quantitative estimate of drug-likeness (QED) is 0.0269.